The number of nitrogens with one attached hydrogen (secondary N) is 1. The van der Waals surface area contributed by atoms with Crippen LogP contribution < -0.4 is 14.8 Å². The molecule has 0 radical (unpaired) electrons. The lowest BCUT2D eigenvalue weighted by Crippen LogP contribution is -2.23. The lowest BCUT2D eigenvalue weighted by Gasteiger charge is -2.09. The molecule has 1 aliphatic carbocycles. The average molecular weight is 261 g/mol. The quantitative estimate of drug-likeness (QED) is 0.828. The van der Waals surface area contributed by atoms with Crippen LogP contribution in [-0.2, 0) is 4.79 Å². The Kier molecular flexibility index (Phi) is 4.10. The molecule has 1 saturated carbocycles. The van der Waals surface area contributed by atoms with Gasteiger partial charge in [-0.25, -0.2) is 0 Å². The van der Waals surface area contributed by atoms with Gasteiger partial charge in [-0.2, -0.15) is 0 Å². The third-order valence-corrected chi connectivity index (χ3v) is 3.08. The van der Waals surface area contributed by atoms with Gasteiger partial charge in [-0.05, 0) is 43.0 Å². The number of allylic oxidation sites excluding steroid dienone is 1. The number of hydrogen-bond acceptors (Lipinski definition) is 3. The maximum absolute atomic E-state index is 11.7. The number of carbonyl (C=O) groups is 1. The molecule has 1 N–H and O–H groups in total. The predicted molar refractivity (Wildman–Crippen MR) is 74.4 cm³/mol. The van der Waals surface area contributed by atoms with Crippen LogP contribution in [0.15, 0.2) is 24.3 Å². The van der Waals surface area contributed by atoms with E-state index in [0.29, 0.717) is 17.5 Å². The zero-order valence-electron chi connectivity index (χ0n) is 11.5. The predicted octanol–water partition coefficient (Wildman–Crippen LogP) is 2.39. The van der Waals surface area contributed by atoms with E-state index < -0.39 is 0 Å². The highest BCUT2D eigenvalue weighted by atomic mass is 16.5. The SMILES string of the molecule is COc1cc(OC)cc(/C(C)=C/C(=O)NC2CC2)c1. The molecule has 0 aromatic heterocycles. The van der Waals surface area contributed by atoms with E-state index in [0.717, 1.165) is 24.0 Å². The van der Waals surface area contributed by atoms with E-state index in [2.05, 4.69) is 5.32 Å². The molecule has 0 spiro atoms. The highest BCUT2D eigenvalue weighted by Crippen LogP contribution is 2.27. The van der Waals surface area contributed by atoms with Gasteiger partial charge in [0.05, 0.1) is 14.2 Å². The summed E-state index contributed by atoms with van der Waals surface area (Å²) in [5, 5.41) is 2.93. The van der Waals surface area contributed by atoms with E-state index >= 15 is 0 Å². The Bertz CT molecular complexity index is 482. The van der Waals surface area contributed by atoms with Crippen molar-refractivity contribution in [1.29, 1.82) is 0 Å². The van der Waals surface area contributed by atoms with E-state index in [1.807, 2.05) is 19.1 Å². The van der Waals surface area contributed by atoms with Crippen molar-refractivity contribution in [3.05, 3.63) is 29.8 Å². The molecule has 1 amide bonds. The summed E-state index contributed by atoms with van der Waals surface area (Å²) in [5.41, 5.74) is 1.80. The molecular formula is C15H19NO3. The molecule has 0 saturated heterocycles. The zero-order chi connectivity index (χ0) is 13.8. The van der Waals surface area contributed by atoms with Crippen LogP contribution in [0.25, 0.3) is 5.57 Å². The van der Waals surface area contributed by atoms with Gasteiger partial charge in [-0.1, -0.05) is 0 Å². The number of methoxy groups -OCH3 is 2. The zero-order valence-corrected chi connectivity index (χ0v) is 11.5. The monoisotopic (exact) mass is 261 g/mol. The molecule has 0 atom stereocenters. The molecule has 0 bridgehead atoms. The van der Waals surface area contributed by atoms with Gasteiger partial charge in [-0.3, -0.25) is 4.79 Å². The minimum absolute atomic E-state index is 0.0400. The van der Waals surface area contributed by atoms with Crippen molar-refractivity contribution < 1.29 is 14.3 Å². The van der Waals surface area contributed by atoms with E-state index in [4.69, 9.17) is 9.47 Å². The smallest absolute Gasteiger partial charge is 0.244 e. The summed E-state index contributed by atoms with van der Waals surface area (Å²) >= 11 is 0. The molecule has 4 nitrogen and oxygen atoms in total. The summed E-state index contributed by atoms with van der Waals surface area (Å²) in [4.78, 5) is 11.7. The lowest BCUT2D eigenvalue weighted by atomic mass is 10.1. The van der Waals surface area contributed by atoms with E-state index in [1.54, 1.807) is 26.4 Å². The largest absolute Gasteiger partial charge is 0.497 e. The Morgan fingerprint density at radius 3 is 2.26 bits per heavy atom. The van der Waals surface area contributed by atoms with E-state index in [1.165, 1.54) is 0 Å². The second-order valence-electron chi connectivity index (χ2n) is 4.71. The standard InChI is InChI=1S/C15H19NO3/c1-10(6-15(17)16-12-4-5-12)11-7-13(18-2)9-14(8-11)19-3/h6-9,12H,4-5H2,1-3H3,(H,16,17)/b10-6+. The van der Waals surface area contributed by atoms with Crippen LogP contribution in [0.2, 0.25) is 0 Å². The van der Waals surface area contributed by atoms with Crippen LogP contribution in [0.4, 0.5) is 0 Å². The second-order valence-corrected chi connectivity index (χ2v) is 4.71. The van der Waals surface area contributed by atoms with Gasteiger partial charge in [0, 0.05) is 18.2 Å². The van der Waals surface area contributed by atoms with Crippen LogP contribution in [-0.4, -0.2) is 26.2 Å². The fraction of sp³-hybridized carbons (Fsp3) is 0.400. The molecule has 0 aliphatic heterocycles. The minimum atomic E-state index is -0.0400. The van der Waals surface area contributed by atoms with Gasteiger partial charge >= 0.3 is 0 Å². The number of ether oxygens (including phenoxy) is 2. The molecule has 0 unspecified atom stereocenters. The van der Waals surface area contributed by atoms with Crippen LogP contribution >= 0.6 is 0 Å². The van der Waals surface area contributed by atoms with Gasteiger partial charge in [0.15, 0.2) is 0 Å². The Morgan fingerprint density at radius 1 is 1.21 bits per heavy atom. The summed E-state index contributed by atoms with van der Waals surface area (Å²) in [6, 6.07) is 5.95. The number of rotatable bonds is 5. The van der Waals surface area contributed by atoms with Crippen LogP contribution in [0.1, 0.15) is 25.3 Å². The molecule has 1 aromatic carbocycles. The Labute approximate surface area is 113 Å². The third kappa shape index (κ3) is 3.74. The molecule has 4 heteroatoms. The summed E-state index contributed by atoms with van der Waals surface area (Å²) in [7, 11) is 3.22. The van der Waals surface area contributed by atoms with Crippen molar-refractivity contribution in [3.63, 3.8) is 0 Å². The van der Waals surface area contributed by atoms with Crippen LogP contribution in [0.5, 0.6) is 11.5 Å². The van der Waals surface area contributed by atoms with Gasteiger partial charge in [-0.15, -0.1) is 0 Å². The summed E-state index contributed by atoms with van der Waals surface area (Å²) in [5.74, 6) is 1.39. The van der Waals surface area contributed by atoms with Crippen molar-refractivity contribution in [2.45, 2.75) is 25.8 Å². The topological polar surface area (TPSA) is 47.6 Å². The number of carbonyl (C=O) groups excluding carboxylic acids is 1. The summed E-state index contributed by atoms with van der Waals surface area (Å²) in [6.07, 6.45) is 3.80. The van der Waals surface area contributed by atoms with Gasteiger partial charge in [0.25, 0.3) is 0 Å². The fourth-order valence-corrected chi connectivity index (χ4v) is 1.79. The first-order chi connectivity index (χ1) is 9.12. The molecule has 1 aliphatic rings. The van der Waals surface area contributed by atoms with Gasteiger partial charge in [0.2, 0.25) is 5.91 Å². The van der Waals surface area contributed by atoms with E-state index in [-0.39, 0.29) is 5.91 Å². The number of hydrogen-bond donors (Lipinski definition) is 1. The Morgan fingerprint density at radius 2 is 1.79 bits per heavy atom. The number of benzene rings is 1. The fourth-order valence-electron chi connectivity index (χ4n) is 1.79. The number of amides is 1. The van der Waals surface area contributed by atoms with Crippen LogP contribution in [0, 0.1) is 0 Å². The molecule has 0 heterocycles. The third-order valence-electron chi connectivity index (χ3n) is 3.08. The average Bonchev–Trinajstić information content (AvgIpc) is 3.21. The summed E-state index contributed by atoms with van der Waals surface area (Å²) in [6.45, 7) is 1.90. The van der Waals surface area contributed by atoms with Crippen LogP contribution in [0.3, 0.4) is 0 Å². The van der Waals surface area contributed by atoms with Crippen molar-refractivity contribution in [2.75, 3.05) is 14.2 Å². The first-order valence-electron chi connectivity index (χ1n) is 6.34. The maximum Gasteiger partial charge on any atom is 0.244 e. The highest BCUT2D eigenvalue weighted by Gasteiger charge is 2.22. The van der Waals surface area contributed by atoms with Crippen molar-refractivity contribution >= 4 is 11.5 Å². The minimum Gasteiger partial charge on any atom is -0.497 e. The first-order valence-corrected chi connectivity index (χ1v) is 6.34. The molecule has 19 heavy (non-hydrogen) atoms. The van der Waals surface area contributed by atoms with Crippen molar-refractivity contribution in [1.82, 2.24) is 5.32 Å². The summed E-state index contributed by atoms with van der Waals surface area (Å²) < 4.78 is 10.4. The van der Waals surface area contributed by atoms with Gasteiger partial charge in [0.1, 0.15) is 11.5 Å². The molecule has 1 aromatic rings. The Hall–Kier alpha value is -1.97. The Balaban J connectivity index is 2.18. The van der Waals surface area contributed by atoms with Crippen molar-refractivity contribution in [2.24, 2.45) is 0 Å². The molecule has 102 valence electrons. The lowest BCUT2D eigenvalue weighted by molar-refractivity contribution is -0.116. The normalized spacial score (nSPS) is 15.0. The van der Waals surface area contributed by atoms with Crippen molar-refractivity contribution in [3.8, 4) is 11.5 Å². The second kappa shape index (κ2) is 5.78. The maximum atomic E-state index is 11.7. The molecule has 2 rings (SSSR count). The first kappa shape index (κ1) is 13.5. The van der Waals surface area contributed by atoms with E-state index in [9.17, 15) is 4.79 Å². The van der Waals surface area contributed by atoms with Gasteiger partial charge < -0.3 is 14.8 Å². The highest BCUT2D eigenvalue weighted by molar-refractivity contribution is 5.95. The molecular weight excluding hydrogens is 242 g/mol. The molecule has 1 fully saturated rings.